The van der Waals surface area contributed by atoms with Gasteiger partial charge in [0.15, 0.2) is 0 Å². The maximum atomic E-state index is 2.40. The predicted octanol–water partition coefficient (Wildman–Crippen LogP) is 5.83. The first-order valence-electron chi connectivity index (χ1n) is 7.72. The van der Waals surface area contributed by atoms with Crippen molar-refractivity contribution in [2.24, 2.45) is 0 Å². The molecule has 0 spiro atoms. The van der Waals surface area contributed by atoms with Crippen LogP contribution in [-0.2, 0) is 0 Å². The number of hydrogen-bond acceptors (Lipinski definition) is 0. The summed E-state index contributed by atoms with van der Waals surface area (Å²) in [5.41, 5.74) is 0. The molecular weight excluding hydrogens is 548 g/mol. The fraction of sp³-hybridized carbons (Fsp3) is 0.750. The number of hydrogen-bond donors (Lipinski definition) is 0. The van der Waals surface area contributed by atoms with Gasteiger partial charge in [0.05, 0.1) is 0 Å². The monoisotopic (exact) mass is 586 g/mol. The van der Waals surface area contributed by atoms with Crippen LogP contribution in [0.5, 0.6) is 0 Å². The Kier molecular flexibility index (Phi) is 40.1. The topological polar surface area (TPSA) is 0 Å². The van der Waals surface area contributed by atoms with Crippen LogP contribution in [0.25, 0.3) is 0 Å². The Labute approximate surface area is 166 Å². The van der Waals surface area contributed by atoms with Crippen molar-refractivity contribution in [1.82, 2.24) is 0 Å². The molecule has 6 heteroatoms. The third kappa shape index (κ3) is 152. The third-order valence-electron chi connectivity index (χ3n) is 0.483. The molecule has 0 aliphatic carbocycles. The quantitative estimate of drug-likeness (QED) is 0.313. The smallest absolute Gasteiger partial charge is 0.0379 e. The molecule has 0 unspecified atom stereocenters. The molecule has 1 aliphatic rings. The van der Waals surface area contributed by atoms with E-state index in [0.29, 0.717) is 33.7 Å². The van der Waals surface area contributed by atoms with Crippen LogP contribution < -0.4 is 0 Å². The second-order valence-electron chi connectivity index (χ2n) is 6.91. The minimum absolute atomic E-state index is 0.120. The molecule has 0 aromatic rings. The van der Waals surface area contributed by atoms with Crippen LogP contribution in [0.1, 0.15) is 0 Å². The first-order valence-corrected chi connectivity index (χ1v) is 31.5. The molecule has 4 radical (unpaired) electrons. The van der Waals surface area contributed by atoms with Gasteiger partial charge < -0.3 is 0 Å². The Hall–Kier alpha value is 1.98. The van der Waals surface area contributed by atoms with Gasteiger partial charge in [0.25, 0.3) is 0 Å². The Morgan fingerprint density at radius 1 is 0.409 bits per heavy atom. The molecule has 0 bridgehead atoms. The van der Waals surface area contributed by atoms with E-state index in [1.807, 2.05) is 0 Å². The van der Waals surface area contributed by atoms with Crippen LogP contribution in [0, 0.1) is 0 Å². The predicted molar refractivity (Wildman–Crippen MR) is 123 cm³/mol. The molecule has 1 rings (SSSR count). The second kappa shape index (κ2) is 27.8. The Morgan fingerprint density at radius 3 is 0.591 bits per heavy atom. The van der Waals surface area contributed by atoms with E-state index in [4.69, 9.17) is 0 Å². The molecule has 0 atom stereocenters. The molecule has 0 aromatic carbocycles. The van der Waals surface area contributed by atoms with E-state index in [-0.39, 0.29) is 35.2 Å². The summed E-state index contributed by atoms with van der Waals surface area (Å²) in [5, 5.41) is 0. The minimum Gasteiger partial charge on any atom is -0.0715 e. The minimum atomic E-state index is 0.120. The van der Waals surface area contributed by atoms with Crippen molar-refractivity contribution in [2.75, 3.05) is 0 Å². The van der Waals surface area contributed by atoms with Gasteiger partial charge in [-0.1, -0.05) is 78.6 Å². The van der Waals surface area contributed by atoms with Crippen molar-refractivity contribution in [3.63, 3.8) is 0 Å². The van der Waals surface area contributed by atoms with Crippen LogP contribution in [0.4, 0.5) is 0 Å². The Bertz CT molecular complexity index is 190. The first kappa shape index (κ1) is 31.7. The average molecular weight is 588 g/mol. The first-order chi connectivity index (χ1) is 9.93. The van der Waals surface area contributed by atoms with Crippen LogP contribution in [0.2, 0.25) is 78.6 Å². The summed E-state index contributed by atoms with van der Waals surface area (Å²) >= 11 is 0.624. The molecule has 0 aromatic heterocycles. The molecule has 0 N–H and O–H groups in total. The molecule has 22 heavy (non-hydrogen) atoms. The molecular formula is C16H40Sb2Si4. The summed E-state index contributed by atoms with van der Waals surface area (Å²) in [6.45, 7) is 27.2. The summed E-state index contributed by atoms with van der Waals surface area (Å²) in [6, 6.07) is 0. The van der Waals surface area contributed by atoms with Gasteiger partial charge in [0.2, 0.25) is 0 Å². The SMILES string of the molecule is C1=[CH][Sb]=[Sb][CH]=C1.C[Si](C)C.C[Si](C)C.C[Si](C)C.C[Si](C)C. The molecule has 130 valence electrons. The van der Waals surface area contributed by atoms with Crippen molar-refractivity contribution in [1.29, 1.82) is 0 Å². The van der Waals surface area contributed by atoms with E-state index in [2.05, 4.69) is 98.8 Å². The summed E-state index contributed by atoms with van der Waals surface area (Å²) in [7, 11) is 0.481. The zero-order valence-corrected chi connectivity index (χ0v) is 26.3. The third-order valence-corrected chi connectivity index (χ3v) is 10.3. The van der Waals surface area contributed by atoms with Crippen molar-refractivity contribution in [2.45, 2.75) is 78.6 Å². The molecule has 0 saturated heterocycles. The summed E-state index contributed by atoms with van der Waals surface area (Å²) < 4.78 is 4.79. The van der Waals surface area contributed by atoms with Gasteiger partial charge in [0, 0.05) is 35.2 Å². The maximum absolute atomic E-state index is 2.40. The zero-order chi connectivity index (χ0) is 18.6. The molecule has 0 saturated carbocycles. The Morgan fingerprint density at radius 2 is 0.545 bits per heavy atom. The summed E-state index contributed by atoms with van der Waals surface area (Å²) in [6.07, 6.45) is 4.38. The second-order valence-corrected chi connectivity index (χ2v) is 30.8. The zero-order valence-electron chi connectivity index (χ0n) is 17.2. The van der Waals surface area contributed by atoms with E-state index in [0.717, 1.165) is 0 Å². The number of allylic oxidation sites excluding steroid dienone is 2. The standard InChI is InChI=1S/C4H4.4C3H9Si.2Sb/c1-3-4-2;4*1-4(2)3;;/h1-4H;4*1-3H3;;. The van der Waals surface area contributed by atoms with E-state index in [1.165, 1.54) is 0 Å². The summed E-state index contributed by atoms with van der Waals surface area (Å²) in [4.78, 5) is 0. The normalized spacial score (nSPS) is 10.9. The number of rotatable bonds is 0. The maximum Gasteiger partial charge on any atom is 0.0379 e. The molecule has 1 aliphatic heterocycles. The largest absolute Gasteiger partial charge is 0.0715 e. The van der Waals surface area contributed by atoms with Gasteiger partial charge in [-0.3, -0.25) is 0 Å². The van der Waals surface area contributed by atoms with Gasteiger partial charge in [-0.25, -0.2) is 0 Å². The van der Waals surface area contributed by atoms with Crippen LogP contribution in [0.3, 0.4) is 0 Å². The van der Waals surface area contributed by atoms with E-state index >= 15 is 0 Å². The van der Waals surface area contributed by atoms with Crippen LogP contribution in [-0.4, -0.2) is 68.9 Å². The van der Waals surface area contributed by atoms with Crippen molar-refractivity contribution < 1.29 is 0 Å². The summed E-state index contributed by atoms with van der Waals surface area (Å²) in [5.74, 6) is 0. The van der Waals surface area contributed by atoms with Gasteiger partial charge in [0.1, 0.15) is 0 Å². The van der Waals surface area contributed by atoms with Crippen molar-refractivity contribution in [3.05, 3.63) is 20.2 Å². The van der Waals surface area contributed by atoms with Gasteiger partial charge in [-0.2, -0.15) is 0 Å². The fourth-order valence-corrected chi connectivity index (χ4v) is 7.59. The molecule has 0 amide bonds. The van der Waals surface area contributed by atoms with E-state index in [9.17, 15) is 0 Å². The average Bonchev–Trinajstić information content (AvgIpc) is 2.28. The van der Waals surface area contributed by atoms with Crippen LogP contribution in [0.15, 0.2) is 20.2 Å². The molecule has 0 nitrogen and oxygen atoms in total. The molecule has 0 fully saturated rings. The Balaban J connectivity index is -0.0000000937. The van der Waals surface area contributed by atoms with Crippen molar-refractivity contribution >= 4 is 68.9 Å². The van der Waals surface area contributed by atoms with E-state index < -0.39 is 0 Å². The van der Waals surface area contributed by atoms with Crippen molar-refractivity contribution in [3.8, 4) is 0 Å². The van der Waals surface area contributed by atoms with E-state index in [1.54, 1.807) is 0 Å². The van der Waals surface area contributed by atoms with Crippen LogP contribution >= 0.6 is 0 Å². The van der Waals surface area contributed by atoms with Gasteiger partial charge in [-0.05, 0) is 0 Å². The van der Waals surface area contributed by atoms with Gasteiger partial charge in [-0.15, -0.1) is 0 Å². The fourth-order valence-electron chi connectivity index (χ4n) is 0.253. The van der Waals surface area contributed by atoms with Gasteiger partial charge >= 0.3 is 53.9 Å². The molecule has 1 heterocycles.